The Kier molecular flexibility index (Phi) is 24.6. The fraction of sp³-hybridized carbons (Fsp3) is 0.559. The normalized spacial score (nSPS) is 18.5. The van der Waals surface area contributed by atoms with E-state index in [1.54, 1.807) is 6.20 Å². The molecule has 2 aliphatic carbocycles. The summed E-state index contributed by atoms with van der Waals surface area (Å²) in [6, 6.07) is 1.63. The molecule has 3 aromatic rings. The molecule has 2 saturated carbocycles. The van der Waals surface area contributed by atoms with Gasteiger partial charge in [0.2, 0.25) is 65.0 Å². The van der Waals surface area contributed by atoms with Crippen LogP contribution < -0.4 is 54.8 Å². The number of benzene rings is 2. The molecule has 29 heteroatoms. The van der Waals surface area contributed by atoms with Gasteiger partial charge < -0.3 is 89.8 Å². The van der Waals surface area contributed by atoms with Gasteiger partial charge in [0.15, 0.2) is 5.96 Å². The summed E-state index contributed by atoms with van der Waals surface area (Å²) in [6.07, 6.45) is 3.13. The van der Waals surface area contributed by atoms with Crippen LogP contribution in [0.25, 0.3) is 10.9 Å². The minimum Gasteiger partial charge on any atom is -0.508 e. The highest BCUT2D eigenvalue weighted by atomic mass is 16.3. The van der Waals surface area contributed by atoms with Gasteiger partial charge in [-0.3, -0.25) is 57.7 Å². The highest BCUT2D eigenvalue weighted by molar-refractivity contribution is 5.99. The summed E-state index contributed by atoms with van der Waals surface area (Å²) in [5, 5.41) is 47.5. The molecule has 88 heavy (non-hydrogen) atoms. The number of carbonyl (C=O) groups is 11. The van der Waals surface area contributed by atoms with Crippen molar-refractivity contribution in [1.29, 1.82) is 0 Å². The SMILES string of the molecule is CC(=O)N[C@H](Cc1ccc(O)cc1)C(=O)N1C[C@H](O)C[C@H]1C(=O)N[C@@H](CC(N)=O)C(=O)N[C@H](C(=O)N[C@@H](CC1CCCCC1)C(=O)NCC(=O)N(C1CC1)[C@@H](C)C(=O)N(C)[C@@H](CCCN=C(N)N)C(=O)N[C@@H](Cc1c[nH]c2ccccc12)C(N)=O)[C@@H](C)O. The molecular weight excluding hydrogens is 1140 g/mol. The van der Waals surface area contributed by atoms with Crippen LogP contribution in [-0.2, 0) is 65.6 Å². The summed E-state index contributed by atoms with van der Waals surface area (Å²) in [7, 11) is 1.39. The van der Waals surface area contributed by atoms with Crippen LogP contribution in [0.1, 0.15) is 109 Å². The first-order chi connectivity index (χ1) is 41.7. The van der Waals surface area contributed by atoms with Gasteiger partial charge in [-0.25, -0.2) is 0 Å². The molecule has 3 fully saturated rings. The Bertz CT molecular complexity index is 3030. The van der Waals surface area contributed by atoms with Gasteiger partial charge in [0.25, 0.3) is 0 Å². The molecule has 6 rings (SSSR count). The number of aliphatic imine (C=N–C) groups is 1. The van der Waals surface area contributed by atoms with E-state index in [4.69, 9.17) is 22.9 Å². The molecule has 1 aromatic heterocycles. The number of aliphatic hydroxyl groups excluding tert-OH is 2. The fourth-order valence-electron chi connectivity index (χ4n) is 11.4. The van der Waals surface area contributed by atoms with E-state index in [0.717, 1.165) is 35.1 Å². The van der Waals surface area contributed by atoms with Gasteiger partial charge >= 0.3 is 0 Å². The number of β-amino-alcohol motifs (C(OH)–C–C–N with tert-alkyl or cyclic N) is 1. The first-order valence-corrected chi connectivity index (χ1v) is 29.7. The lowest BCUT2D eigenvalue weighted by molar-refractivity contribution is -0.148. The molecule has 1 aliphatic heterocycles. The number of phenols is 1. The van der Waals surface area contributed by atoms with E-state index in [-0.39, 0.29) is 69.2 Å². The van der Waals surface area contributed by atoms with E-state index in [0.29, 0.717) is 36.8 Å². The van der Waals surface area contributed by atoms with Gasteiger partial charge in [0.05, 0.1) is 25.2 Å². The summed E-state index contributed by atoms with van der Waals surface area (Å²) >= 11 is 0. The zero-order chi connectivity index (χ0) is 64.5. The van der Waals surface area contributed by atoms with Crippen LogP contribution in [0.3, 0.4) is 0 Å². The van der Waals surface area contributed by atoms with Crippen molar-refractivity contribution in [2.24, 2.45) is 33.8 Å². The van der Waals surface area contributed by atoms with Gasteiger partial charge in [-0.1, -0.05) is 62.4 Å². The number of nitrogens with two attached hydrogens (primary N) is 4. The quantitative estimate of drug-likeness (QED) is 0.0175. The van der Waals surface area contributed by atoms with E-state index in [1.165, 1.54) is 61.9 Å². The number of primary amides is 2. The van der Waals surface area contributed by atoms with Crippen molar-refractivity contribution in [1.82, 2.24) is 51.6 Å². The molecule has 10 atom stereocenters. The predicted molar refractivity (Wildman–Crippen MR) is 320 cm³/mol. The third-order valence-electron chi connectivity index (χ3n) is 16.2. The van der Waals surface area contributed by atoms with E-state index in [1.807, 2.05) is 24.3 Å². The summed E-state index contributed by atoms with van der Waals surface area (Å²) in [6.45, 7) is 2.97. The maximum absolute atomic E-state index is 14.5. The molecule has 0 bridgehead atoms. The number of aromatic nitrogens is 1. The Balaban J connectivity index is 1.13. The molecule has 11 amide bonds. The Labute approximate surface area is 509 Å². The minimum atomic E-state index is -1.82. The maximum Gasteiger partial charge on any atom is 0.246 e. The summed E-state index contributed by atoms with van der Waals surface area (Å²) < 4.78 is 0. The number of phenolic OH excluding ortho intramolecular Hbond substituents is 1. The number of rotatable bonds is 31. The van der Waals surface area contributed by atoms with Crippen LogP contribution in [0.5, 0.6) is 5.75 Å². The zero-order valence-corrected chi connectivity index (χ0v) is 50.1. The number of nitrogens with zero attached hydrogens (tertiary/aromatic N) is 4. The van der Waals surface area contributed by atoms with Gasteiger partial charge in [-0.15, -0.1) is 0 Å². The number of guanidine groups is 1. The van der Waals surface area contributed by atoms with Gasteiger partial charge in [-0.05, 0) is 81.2 Å². The van der Waals surface area contributed by atoms with Crippen LogP contribution in [0.2, 0.25) is 0 Å². The maximum atomic E-state index is 14.5. The van der Waals surface area contributed by atoms with Crippen LogP contribution in [-0.4, -0.2) is 199 Å². The summed E-state index contributed by atoms with van der Waals surface area (Å²) in [5.41, 5.74) is 24.5. The molecule has 480 valence electrons. The number of para-hydroxylation sites is 1. The number of carbonyl (C=O) groups excluding carboxylic acids is 11. The Morgan fingerprint density at radius 3 is 2.07 bits per heavy atom. The molecule has 0 radical (unpaired) electrons. The van der Waals surface area contributed by atoms with Crippen molar-refractivity contribution < 1.29 is 68.1 Å². The average molecular weight is 1230 g/mol. The van der Waals surface area contributed by atoms with Crippen molar-refractivity contribution in [3.63, 3.8) is 0 Å². The van der Waals surface area contributed by atoms with Crippen molar-refractivity contribution >= 4 is 81.8 Å². The number of hydrogen-bond donors (Lipinski definition) is 14. The van der Waals surface area contributed by atoms with Crippen LogP contribution in [0.15, 0.2) is 59.7 Å². The largest absolute Gasteiger partial charge is 0.508 e. The topological polar surface area (TPSA) is 463 Å². The first kappa shape index (κ1) is 68.3. The fourth-order valence-corrected chi connectivity index (χ4v) is 11.4. The number of likely N-dealkylation sites (N-methyl/N-ethyl adjacent to an activating group) is 1. The molecular formula is C59H85N15O14. The Hall–Kier alpha value is -8.86. The van der Waals surface area contributed by atoms with E-state index >= 15 is 0 Å². The lowest BCUT2D eigenvalue weighted by Gasteiger charge is -2.35. The number of likely N-dealkylation sites (tertiary alicyclic amines) is 1. The monoisotopic (exact) mass is 1230 g/mol. The lowest BCUT2D eigenvalue weighted by Crippen LogP contribution is -2.61. The Morgan fingerprint density at radius 2 is 1.44 bits per heavy atom. The Morgan fingerprint density at radius 1 is 0.773 bits per heavy atom. The van der Waals surface area contributed by atoms with Gasteiger partial charge in [0.1, 0.15) is 54.1 Å². The van der Waals surface area contributed by atoms with Gasteiger partial charge in [0, 0.05) is 69.5 Å². The number of hydrogen-bond acceptors (Lipinski definition) is 15. The van der Waals surface area contributed by atoms with Crippen molar-refractivity contribution in [3.05, 3.63) is 65.9 Å². The van der Waals surface area contributed by atoms with Gasteiger partial charge in [-0.2, -0.15) is 0 Å². The number of H-pyrrole nitrogens is 1. The van der Waals surface area contributed by atoms with E-state index in [2.05, 4.69) is 41.9 Å². The minimum absolute atomic E-state index is 0.0324. The molecule has 0 unspecified atom stereocenters. The average Bonchev–Trinajstić information content (AvgIpc) is 2.23. The number of amides is 11. The molecule has 2 heterocycles. The zero-order valence-electron chi connectivity index (χ0n) is 50.1. The second-order valence-electron chi connectivity index (χ2n) is 23.1. The summed E-state index contributed by atoms with van der Waals surface area (Å²) in [4.78, 5) is 162. The second-order valence-corrected chi connectivity index (χ2v) is 23.1. The number of fused-ring (bicyclic) bond motifs is 1. The van der Waals surface area contributed by atoms with E-state index < -0.39 is 145 Å². The predicted octanol–water partition coefficient (Wildman–Crippen LogP) is -2.85. The standard InChI is InChI=1S/C59H85N15O14/c1-31(57(87)72(4)46(15-10-22-64-59(62)63)54(84)68-42(51(61)81)25-36-28-65-41-14-9-8-13-40(36)41)74(37-18-19-37)49(80)29-66-52(82)43(23-34-11-6-5-7-12-34)70-56(86)50(32(2)75)71-53(83)44(27-48(60)79)69-55(85)47-26-39(78)30-73(47)58(88)45(67-33(3)76)24-35-16-20-38(77)21-17-35/h8-9,13-14,16-17,20-21,28,31-32,34,37,39,42-47,50,65,75,77-78H,5-7,10-12,15,18-19,22-27,29-30H2,1-4H3,(H2,60,79)(H2,61,81)(H,66,82)(H,67,76)(H,68,84)(H,69,85)(H,70,86)(H,71,83)(H4,62,63,64)/t31-,32+,39+,42-,43-,44-,45+,46-,47-,50-/m0/s1. The molecule has 2 aromatic carbocycles. The highest BCUT2D eigenvalue weighted by Crippen LogP contribution is 2.31. The third-order valence-corrected chi connectivity index (χ3v) is 16.2. The van der Waals surface area contributed by atoms with Crippen LogP contribution in [0, 0.1) is 5.92 Å². The number of aromatic hydroxyl groups is 1. The van der Waals surface area contributed by atoms with Crippen LogP contribution >= 0.6 is 0 Å². The first-order valence-electron chi connectivity index (χ1n) is 29.7. The molecule has 3 aliphatic rings. The molecule has 0 spiro atoms. The summed E-state index contributed by atoms with van der Waals surface area (Å²) in [5.74, 6) is -9.54. The van der Waals surface area contributed by atoms with Crippen molar-refractivity contribution in [2.75, 3.05) is 26.7 Å². The van der Waals surface area contributed by atoms with E-state index in [9.17, 15) is 68.1 Å². The van der Waals surface area contributed by atoms with Crippen molar-refractivity contribution in [3.8, 4) is 5.75 Å². The molecule has 1 saturated heterocycles. The smallest absolute Gasteiger partial charge is 0.246 e. The number of aromatic amines is 1. The van der Waals surface area contributed by atoms with Crippen LogP contribution in [0.4, 0.5) is 0 Å². The van der Waals surface area contributed by atoms with Crippen molar-refractivity contribution in [2.45, 2.75) is 177 Å². The molecule has 18 N–H and O–H groups in total. The lowest BCUT2D eigenvalue weighted by atomic mass is 9.84. The number of nitrogens with one attached hydrogen (secondary N) is 7. The number of aliphatic hydroxyl groups is 2. The highest BCUT2D eigenvalue weighted by Gasteiger charge is 2.45. The third kappa shape index (κ3) is 19.3. The second kappa shape index (κ2) is 31.7. The molecule has 29 nitrogen and oxygen atoms in total.